The SMILES string of the molecule is NCc1cccc2sc(CN3CCCCC3)cc12. The van der Waals surface area contributed by atoms with Gasteiger partial charge in [0.15, 0.2) is 0 Å². The Hall–Kier alpha value is -0.900. The first-order valence-corrected chi connectivity index (χ1v) is 7.61. The zero-order chi connectivity index (χ0) is 12.4. The number of hydrogen-bond acceptors (Lipinski definition) is 3. The lowest BCUT2D eigenvalue weighted by Crippen LogP contribution is -2.28. The lowest BCUT2D eigenvalue weighted by molar-refractivity contribution is 0.223. The number of benzene rings is 1. The molecule has 0 spiro atoms. The molecule has 0 unspecified atom stereocenters. The zero-order valence-electron chi connectivity index (χ0n) is 10.7. The molecule has 3 rings (SSSR count). The van der Waals surface area contributed by atoms with Crippen LogP contribution in [0.1, 0.15) is 29.7 Å². The Morgan fingerprint density at radius 2 is 2.00 bits per heavy atom. The molecular weight excluding hydrogens is 240 g/mol. The molecule has 1 saturated heterocycles. The average Bonchev–Trinajstić information content (AvgIpc) is 2.82. The lowest BCUT2D eigenvalue weighted by Gasteiger charge is -2.25. The second-order valence-corrected chi connectivity index (χ2v) is 6.25. The molecule has 2 aromatic rings. The van der Waals surface area contributed by atoms with E-state index in [1.807, 2.05) is 11.3 Å². The second-order valence-electron chi connectivity index (χ2n) is 5.08. The van der Waals surface area contributed by atoms with Crippen molar-refractivity contribution in [3.63, 3.8) is 0 Å². The molecule has 1 aromatic heterocycles. The highest BCUT2D eigenvalue weighted by atomic mass is 32.1. The Morgan fingerprint density at radius 3 is 2.78 bits per heavy atom. The van der Waals surface area contributed by atoms with E-state index in [1.54, 1.807) is 0 Å². The van der Waals surface area contributed by atoms with Crippen LogP contribution in [0.4, 0.5) is 0 Å². The van der Waals surface area contributed by atoms with Crippen molar-refractivity contribution >= 4 is 21.4 Å². The summed E-state index contributed by atoms with van der Waals surface area (Å²) in [4.78, 5) is 4.06. The predicted molar refractivity (Wildman–Crippen MR) is 78.8 cm³/mol. The molecule has 2 nitrogen and oxygen atoms in total. The smallest absolute Gasteiger partial charge is 0.0349 e. The topological polar surface area (TPSA) is 29.3 Å². The molecule has 96 valence electrons. The lowest BCUT2D eigenvalue weighted by atomic mass is 10.1. The summed E-state index contributed by atoms with van der Waals surface area (Å²) in [6.45, 7) is 4.27. The molecule has 1 fully saturated rings. The van der Waals surface area contributed by atoms with E-state index in [4.69, 9.17) is 5.73 Å². The van der Waals surface area contributed by atoms with E-state index in [9.17, 15) is 0 Å². The first-order chi connectivity index (χ1) is 8.86. The molecule has 2 N–H and O–H groups in total. The summed E-state index contributed by atoms with van der Waals surface area (Å²) in [7, 11) is 0. The fourth-order valence-electron chi connectivity index (χ4n) is 2.77. The molecule has 0 saturated carbocycles. The summed E-state index contributed by atoms with van der Waals surface area (Å²) >= 11 is 1.92. The van der Waals surface area contributed by atoms with Crippen molar-refractivity contribution in [1.82, 2.24) is 4.90 Å². The Morgan fingerprint density at radius 1 is 1.17 bits per heavy atom. The number of nitrogens with two attached hydrogens (primary N) is 1. The number of nitrogens with zero attached hydrogens (tertiary/aromatic N) is 1. The molecular formula is C15H20N2S. The summed E-state index contributed by atoms with van der Waals surface area (Å²) in [5, 5.41) is 1.36. The monoisotopic (exact) mass is 260 g/mol. The highest BCUT2D eigenvalue weighted by Gasteiger charge is 2.12. The van der Waals surface area contributed by atoms with Crippen molar-refractivity contribution in [2.75, 3.05) is 13.1 Å². The molecule has 0 bridgehead atoms. The summed E-state index contributed by atoms with van der Waals surface area (Å²) in [6, 6.07) is 8.81. The third-order valence-corrected chi connectivity index (χ3v) is 4.84. The van der Waals surface area contributed by atoms with Crippen LogP contribution in [0, 0.1) is 0 Å². The summed E-state index contributed by atoms with van der Waals surface area (Å²) in [5.41, 5.74) is 7.08. The van der Waals surface area contributed by atoms with Crippen LogP contribution in [-0.4, -0.2) is 18.0 Å². The van der Waals surface area contributed by atoms with Gasteiger partial charge in [-0.2, -0.15) is 0 Å². The van der Waals surface area contributed by atoms with E-state index < -0.39 is 0 Å². The van der Waals surface area contributed by atoms with E-state index in [-0.39, 0.29) is 0 Å². The first kappa shape index (κ1) is 12.2. The van der Waals surface area contributed by atoms with Gasteiger partial charge < -0.3 is 5.73 Å². The summed E-state index contributed by atoms with van der Waals surface area (Å²) in [6.07, 6.45) is 4.12. The van der Waals surface area contributed by atoms with Gasteiger partial charge in [0, 0.05) is 22.7 Å². The molecule has 0 aliphatic carbocycles. The number of thiophene rings is 1. The molecule has 3 heteroatoms. The maximum Gasteiger partial charge on any atom is 0.0349 e. The van der Waals surface area contributed by atoms with Gasteiger partial charge in [-0.25, -0.2) is 0 Å². The Balaban J connectivity index is 1.84. The highest BCUT2D eigenvalue weighted by molar-refractivity contribution is 7.19. The van der Waals surface area contributed by atoms with Crippen molar-refractivity contribution in [3.8, 4) is 0 Å². The maximum absolute atomic E-state index is 5.80. The van der Waals surface area contributed by atoms with E-state index in [0.717, 1.165) is 6.54 Å². The van der Waals surface area contributed by atoms with Crippen molar-refractivity contribution in [3.05, 3.63) is 34.7 Å². The minimum Gasteiger partial charge on any atom is -0.326 e. The predicted octanol–water partition coefficient (Wildman–Crippen LogP) is 3.35. The van der Waals surface area contributed by atoms with Gasteiger partial charge in [-0.3, -0.25) is 4.90 Å². The minimum absolute atomic E-state index is 0.636. The number of likely N-dealkylation sites (tertiary alicyclic amines) is 1. The third-order valence-electron chi connectivity index (χ3n) is 3.75. The summed E-state index contributed by atoms with van der Waals surface area (Å²) in [5.74, 6) is 0. The molecule has 1 aliphatic heterocycles. The fraction of sp³-hybridized carbons (Fsp3) is 0.467. The van der Waals surface area contributed by atoms with Crippen LogP contribution in [-0.2, 0) is 13.1 Å². The van der Waals surface area contributed by atoms with E-state index >= 15 is 0 Å². The van der Waals surface area contributed by atoms with Crippen LogP contribution >= 0.6 is 11.3 Å². The molecule has 0 radical (unpaired) electrons. The Labute approximate surface area is 112 Å². The van der Waals surface area contributed by atoms with Crippen molar-refractivity contribution < 1.29 is 0 Å². The maximum atomic E-state index is 5.80. The molecule has 18 heavy (non-hydrogen) atoms. The fourth-order valence-corrected chi connectivity index (χ4v) is 3.92. The van der Waals surface area contributed by atoms with Gasteiger partial charge in [0.25, 0.3) is 0 Å². The second kappa shape index (κ2) is 5.39. The number of piperidine rings is 1. The Bertz CT molecular complexity index is 526. The molecule has 0 amide bonds. The van der Waals surface area contributed by atoms with Crippen LogP contribution in [0.25, 0.3) is 10.1 Å². The van der Waals surface area contributed by atoms with Crippen LogP contribution in [0.5, 0.6) is 0 Å². The van der Waals surface area contributed by atoms with Gasteiger partial charge in [0.05, 0.1) is 0 Å². The van der Waals surface area contributed by atoms with Crippen molar-refractivity contribution in [2.45, 2.75) is 32.4 Å². The number of rotatable bonds is 3. The van der Waals surface area contributed by atoms with Crippen LogP contribution in [0.3, 0.4) is 0 Å². The standard InChI is InChI=1S/C15H20N2S/c16-10-12-5-4-6-15-14(12)9-13(18-15)11-17-7-2-1-3-8-17/h4-6,9H,1-3,7-8,10-11,16H2. The minimum atomic E-state index is 0.636. The van der Waals surface area contributed by atoms with E-state index in [1.165, 1.54) is 52.9 Å². The van der Waals surface area contributed by atoms with Crippen LogP contribution in [0.2, 0.25) is 0 Å². The van der Waals surface area contributed by atoms with Gasteiger partial charge in [-0.1, -0.05) is 18.6 Å². The van der Waals surface area contributed by atoms with Crippen molar-refractivity contribution in [1.29, 1.82) is 0 Å². The zero-order valence-corrected chi connectivity index (χ0v) is 11.5. The average molecular weight is 260 g/mol. The molecule has 1 aliphatic rings. The quantitative estimate of drug-likeness (QED) is 0.917. The molecule has 1 aromatic carbocycles. The molecule has 2 heterocycles. The third kappa shape index (κ3) is 2.44. The van der Waals surface area contributed by atoms with Crippen LogP contribution < -0.4 is 5.73 Å². The van der Waals surface area contributed by atoms with Gasteiger partial charge in [0.1, 0.15) is 0 Å². The van der Waals surface area contributed by atoms with Gasteiger partial charge in [-0.05, 0) is 49.0 Å². The van der Waals surface area contributed by atoms with Gasteiger partial charge >= 0.3 is 0 Å². The van der Waals surface area contributed by atoms with Gasteiger partial charge in [-0.15, -0.1) is 11.3 Å². The normalized spacial score (nSPS) is 17.4. The first-order valence-electron chi connectivity index (χ1n) is 6.79. The highest BCUT2D eigenvalue weighted by Crippen LogP contribution is 2.29. The number of hydrogen-bond donors (Lipinski definition) is 1. The van der Waals surface area contributed by atoms with Gasteiger partial charge in [0.2, 0.25) is 0 Å². The van der Waals surface area contributed by atoms with E-state index in [0.29, 0.717) is 6.54 Å². The number of fused-ring (bicyclic) bond motifs is 1. The summed E-state index contributed by atoms with van der Waals surface area (Å²) < 4.78 is 1.38. The molecule has 0 atom stereocenters. The van der Waals surface area contributed by atoms with E-state index in [2.05, 4.69) is 29.2 Å². The largest absolute Gasteiger partial charge is 0.326 e. The van der Waals surface area contributed by atoms with Crippen molar-refractivity contribution in [2.24, 2.45) is 5.73 Å². The Kier molecular flexibility index (Phi) is 3.64. The van der Waals surface area contributed by atoms with Crippen LogP contribution in [0.15, 0.2) is 24.3 Å².